The van der Waals surface area contributed by atoms with Crippen molar-refractivity contribution in [3.8, 4) is 35.5 Å². The monoisotopic (exact) mass is 1620 g/mol. The van der Waals surface area contributed by atoms with E-state index in [1.807, 2.05) is 255 Å². The van der Waals surface area contributed by atoms with Gasteiger partial charge in [-0.2, -0.15) is 5.10 Å². The van der Waals surface area contributed by atoms with Crippen molar-refractivity contribution in [2.24, 2.45) is 0 Å². The lowest BCUT2D eigenvalue weighted by Gasteiger charge is -2.32. The molecule has 3 N–H and O–H groups in total. The molecule has 0 aliphatic carbocycles. The van der Waals surface area contributed by atoms with Crippen molar-refractivity contribution in [1.82, 2.24) is 67.8 Å². The van der Waals surface area contributed by atoms with Gasteiger partial charge in [-0.25, -0.2) is 19.5 Å². The Balaban J connectivity index is 0.000000345. The molecule has 0 unspecified atom stereocenters. The van der Waals surface area contributed by atoms with Crippen LogP contribution in [0.1, 0.15) is 206 Å². The number of aromatic nitrogens is 8. The highest BCUT2D eigenvalue weighted by molar-refractivity contribution is 6.06. The molecule has 20 heteroatoms. The normalized spacial score (nSPS) is 12.8. The quantitative estimate of drug-likeness (QED) is 0.0982. The fourth-order valence-electron chi connectivity index (χ4n) is 12.0. The van der Waals surface area contributed by atoms with Crippen LogP contribution >= 0.6 is 0 Å². The zero-order valence-corrected chi connectivity index (χ0v) is 75.5. The van der Waals surface area contributed by atoms with Crippen LogP contribution in [0.3, 0.4) is 0 Å². The number of carbonyl (C=O) groups excluding carboxylic acids is 3. The fraction of sp³-hybridized carbons (Fsp3) is 0.360. The van der Waals surface area contributed by atoms with Crippen LogP contribution in [0.5, 0.6) is 0 Å². The van der Waals surface area contributed by atoms with Gasteiger partial charge in [0.25, 0.3) is 17.7 Å². The third-order valence-corrected chi connectivity index (χ3v) is 18.0. The molecule has 0 bridgehead atoms. The van der Waals surface area contributed by atoms with Crippen LogP contribution in [0, 0.1) is 35.5 Å². The Morgan fingerprint density at radius 2 is 0.642 bits per heavy atom. The van der Waals surface area contributed by atoms with Crippen molar-refractivity contribution in [3.05, 3.63) is 293 Å². The zero-order chi connectivity index (χ0) is 88.0. The molecule has 0 radical (unpaired) electrons. The number of fused-ring (bicyclic) bond motifs is 3. The van der Waals surface area contributed by atoms with Crippen LogP contribution in [0.25, 0.3) is 16.9 Å². The van der Waals surface area contributed by atoms with Gasteiger partial charge in [0.2, 0.25) is 0 Å². The maximum absolute atomic E-state index is 12.8. The van der Waals surface area contributed by atoms with Gasteiger partial charge < -0.3 is 30.7 Å². The molecule has 0 saturated carbocycles. The van der Waals surface area contributed by atoms with E-state index in [1.54, 1.807) is 72.0 Å². The van der Waals surface area contributed by atoms with E-state index < -0.39 is 0 Å². The molecule has 6 aromatic carbocycles. The summed E-state index contributed by atoms with van der Waals surface area (Å²) in [6.07, 6.45) is 14.0. The summed E-state index contributed by atoms with van der Waals surface area (Å²) in [7, 11) is 6.49. The molecule has 3 amide bonds. The number of hydrogen-bond acceptors (Lipinski definition) is 14. The van der Waals surface area contributed by atoms with Crippen LogP contribution in [0.15, 0.2) is 225 Å². The van der Waals surface area contributed by atoms with Gasteiger partial charge in [0.1, 0.15) is 22.7 Å². The van der Waals surface area contributed by atoms with Crippen molar-refractivity contribution in [1.29, 1.82) is 0 Å². The SMILES string of the molecule is CC.CC.CC.CC.CC.CC.CC.CC.CC.CN1CCN(Cc2ccc(NC(=O)c3cccc(C#Cc4cnc5ccccn45)c3)cc2)CC1.CN1CCN(Cc2ccc(NC(=O)c3cccc(C#Cc4cnc5cccnn45)c3)cc2)CC1.CN1CCN(Cc2ccc(NC(=O)c3cccc(C#Cc4cnc5cnccn45)c3)cc2)CC1. The first-order valence-electron chi connectivity index (χ1n) is 43.2. The largest absolute Gasteiger partial charge is 0.322 e. The molecule has 3 saturated heterocycles. The van der Waals surface area contributed by atoms with E-state index in [1.165, 1.54) is 16.7 Å². The summed E-state index contributed by atoms with van der Waals surface area (Å²) in [5, 5.41) is 13.2. The lowest BCUT2D eigenvalue weighted by molar-refractivity contribution is 0.101. The van der Waals surface area contributed by atoms with E-state index in [-0.39, 0.29) is 17.7 Å². The topological polar surface area (TPSA) is 184 Å². The van der Waals surface area contributed by atoms with E-state index in [9.17, 15) is 14.4 Å². The van der Waals surface area contributed by atoms with Crippen LogP contribution in [-0.2, 0) is 19.6 Å². The molecule has 3 aliphatic heterocycles. The highest BCUT2D eigenvalue weighted by Crippen LogP contribution is 2.20. The van der Waals surface area contributed by atoms with Crippen LogP contribution in [0.2, 0.25) is 0 Å². The second kappa shape index (κ2) is 58.1. The number of hydrogen-bond donors (Lipinski definition) is 3. The Hall–Kier alpha value is -11.9. The standard InChI is InChI=1S/C28H27N5O.2C27H26N6O.9C2H6/c1-31-15-17-32(18-16-31)21-23-8-11-25(12-9-23)30-28(34)24-6-4-5-22(19-24)10-13-26-20-29-27-7-2-3-14-33(26)27;1-31-14-16-32(17-15-31)20-22-7-10-24(11-8-22)30-27(34)23-5-2-4-21(18-23)9-12-25-19-28-26-6-3-13-29-33(25)26;1-31-13-15-32(16-14-31)20-22-5-8-24(9-6-22)30-27(34)23-4-2-3-21(17-23)7-10-25-18-29-26-19-28-11-12-33(25)26;9*1-2/h2-9,11-12,14,19-20H,15-18,21H2,1H3,(H,30,34);2-8,10-11,13,18-19H,14-17,20H2,1H3,(H,30,34);2-6,8-9,11-12,17-19H,13-16,20H2,1H3,(H,30,34);9*1-2H3. The lowest BCUT2D eigenvalue weighted by Crippen LogP contribution is -2.43. The van der Waals surface area contributed by atoms with Crippen molar-refractivity contribution >= 4 is 51.7 Å². The van der Waals surface area contributed by atoms with E-state index in [0.29, 0.717) is 22.4 Å². The molecule has 0 spiro atoms. The third kappa shape index (κ3) is 32.8. The molecule has 636 valence electrons. The van der Waals surface area contributed by atoms with Gasteiger partial charge in [-0.05, 0) is 171 Å². The average Bonchev–Trinajstić information content (AvgIpc) is 1.69. The maximum atomic E-state index is 12.8. The Morgan fingerprint density at radius 3 is 1.02 bits per heavy atom. The summed E-state index contributed by atoms with van der Waals surface area (Å²) < 4.78 is 5.51. The average molecular weight is 1620 g/mol. The predicted molar refractivity (Wildman–Crippen MR) is 502 cm³/mol. The first-order chi connectivity index (χ1) is 58.9. The van der Waals surface area contributed by atoms with Crippen molar-refractivity contribution in [3.63, 3.8) is 0 Å². The Morgan fingerprint density at radius 1 is 0.317 bits per heavy atom. The molecular weight excluding hydrogens is 1490 g/mol. The lowest BCUT2D eigenvalue weighted by atomic mass is 10.1. The van der Waals surface area contributed by atoms with Crippen LogP contribution in [-0.4, -0.2) is 185 Å². The van der Waals surface area contributed by atoms with E-state index in [4.69, 9.17) is 0 Å². The summed E-state index contributed by atoms with van der Waals surface area (Å²) in [5.74, 6) is 18.3. The number of nitrogens with zero attached hydrogens (tertiary/aromatic N) is 14. The van der Waals surface area contributed by atoms with E-state index in [2.05, 4.69) is 163 Å². The maximum Gasteiger partial charge on any atom is 0.255 e. The van der Waals surface area contributed by atoms with Gasteiger partial charge in [-0.1, -0.05) is 203 Å². The highest BCUT2D eigenvalue weighted by atomic mass is 16.2. The zero-order valence-electron chi connectivity index (χ0n) is 75.5. The Labute approximate surface area is 717 Å². The number of carbonyl (C=O) groups is 3. The Bertz CT molecular complexity index is 4580. The number of pyridine rings is 1. The summed E-state index contributed by atoms with van der Waals surface area (Å²) in [6.45, 7) is 52.0. The molecule has 3 aliphatic rings. The number of piperazine rings is 3. The fourth-order valence-corrected chi connectivity index (χ4v) is 12.0. The van der Waals surface area contributed by atoms with Gasteiger partial charge >= 0.3 is 0 Å². The highest BCUT2D eigenvalue weighted by Gasteiger charge is 2.18. The molecule has 120 heavy (non-hydrogen) atoms. The number of likely N-dealkylation sites (N-methyl/N-ethyl adjacent to an activating group) is 3. The number of nitrogens with one attached hydrogen (secondary N) is 3. The number of anilines is 3. The minimum atomic E-state index is -0.160. The number of rotatable bonds is 12. The molecule has 0 atom stereocenters. The van der Waals surface area contributed by atoms with Crippen molar-refractivity contribution in [2.75, 3.05) is 116 Å². The Kier molecular flexibility index (Phi) is 48.6. The minimum absolute atomic E-state index is 0.148. The van der Waals surface area contributed by atoms with Crippen molar-refractivity contribution < 1.29 is 14.4 Å². The summed E-state index contributed by atoms with van der Waals surface area (Å²) >= 11 is 0. The first kappa shape index (κ1) is 100. The molecule has 20 nitrogen and oxygen atoms in total. The van der Waals surface area contributed by atoms with Gasteiger partial charge in [0, 0.05) is 173 Å². The molecule has 15 rings (SSSR count). The smallest absolute Gasteiger partial charge is 0.255 e. The molecule has 12 aromatic rings. The van der Waals surface area contributed by atoms with Crippen molar-refractivity contribution in [2.45, 2.75) is 144 Å². The van der Waals surface area contributed by atoms with E-state index >= 15 is 0 Å². The molecular formula is C100H133N17O3. The minimum Gasteiger partial charge on any atom is -0.322 e. The predicted octanol–water partition coefficient (Wildman–Crippen LogP) is 19.2. The molecule has 6 aromatic heterocycles. The van der Waals surface area contributed by atoms with Gasteiger partial charge in [-0.15, -0.1) is 0 Å². The number of imidazole rings is 3. The third-order valence-electron chi connectivity index (χ3n) is 18.0. The summed E-state index contributed by atoms with van der Waals surface area (Å²) in [6, 6.07) is 55.9. The summed E-state index contributed by atoms with van der Waals surface area (Å²) in [5.41, 5.74) is 14.7. The second-order valence-electron chi connectivity index (χ2n) is 25.6. The van der Waals surface area contributed by atoms with Crippen LogP contribution in [0.4, 0.5) is 17.1 Å². The molecule has 3 fully saturated rings. The molecule has 9 heterocycles. The van der Waals surface area contributed by atoms with Gasteiger partial charge in [0.05, 0.1) is 24.8 Å². The number of amides is 3. The summed E-state index contributed by atoms with van der Waals surface area (Å²) in [4.78, 5) is 69.9. The van der Waals surface area contributed by atoms with Gasteiger partial charge in [0.15, 0.2) is 11.3 Å². The van der Waals surface area contributed by atoms with E-state index in [0.717, 1.165) is 160 Å². The first-order valence-corrected chi connectivity index (χ1v) is 43.2. The van der Waals surface area contributed by atoms with Gasteiger partial charge in [-0.3, -0.25) is 42.9 Å². The van der Waals surface area contributed by atoms with Crippen LogP contribution < -0.4 is 16.0 Å². The number of benzene rings is 6. The second-order valence-corrected chi connectivity index (χ2v) is 25.6.